The molecule has 1 N–H and O–H groups in total. The van der Waals surface area contributed by atoms with E-state index in [1.165, 1.54) is 7.11 Å². The van der Waals surface area contributed by atoms with E-state index >= 15 is 0 Å². The minimum Gasteiger partial charge on any atom is -0.469 e. The maximum Gasteiger partial charge on any atom is 0.317 e. The standard InChI is InChI=1S/C19H31N3O4/c1-18(2,16(24)26-3)13-20-17(25)22-10-6-19(7-11-22)12-14(19)15(23)21-8-4-5-9-21/h14H,4-13H2,1-3H3,(H,20,25). The molecule has 2 saturated heterocycles. The third-order valence-electron chi connectivity index (χ3n) is 6.37. The van der Waals surface area contributed by atoms with Gasteiger partial charge in [-0.15, -0.1) is 0 Å². The first kappa shape index (κ1) is 19.0. The van der Waals surface area contributed by atoms with E-state index in [-0.39, 0.29) is 29.9 Å². The molecule has 0 radical (unpaired) electrons. The van der Waals surface area contributed by atoms with E-state index in [0.29, 0.717) is 19.0 Å². The average Bonchev–Trinajstić information content (AvgIpc) is 3.07. The lowest BCUT2D eigenvalue weighted by Gasteiger charge is -2.34. The smallest absolute Gasteiger partial charge is 0.317 e. The zero-order chi connectivity index (χ0) is 18.9. The molecule has 3 amide bonds. The van der Waals surface area contributed by atoms with Crippen molar-refractivity contribution < 1.29 is 19.1 Å². The molecule has 1 aliphatic carbocycles. The van der Waals surface area contributed by atoms with Gasteiger partial charge in [0.25, 0.3) is 0 Å². The number of amides is 3. The zero-order valence-corrected chi connectivity index (χ0v) is 16.2. The van der Waals surface area contributed by atoms with Crippen LogP contribution in [0.25, 0.3) is 0 Å². The highest BCUT2D eigenvalue weighted by Gasteiger charge is 2.59. The number of likely N-dealkylation sites (tertiary alicyclic amines) is 2. The number of nitrogens with one attached hydrogen (secondary N) is 1. The third kappa shape index (κ3) is 3.67. The summed E-state index contributed by atoms with van der Waals surface area (Å²) >= 11 is 0. The van der Waals surface area contributed by atoms with Crippen molar-refractivity contribution in [3.63, 3.8) is 0 Å². The van der Waals surface area contributed by atoms with Crippen LogP contribution in [0.3, 0.4) is 0 Å². The minimum atomic E-state index is -0.745. The van der Waals surface area contributed by atoms with E-state index < -0.39 is 5.41 Å². The van der Waals surface area contributed by atoms with Gasteiger partial charge in [-0.3, -0.25) is 9.59 Å². The molecule has 1 unspecified atom stereocenters. The summed E-state index contributed by atoms with van der Waals surface area (Å²) in [5, 5.41) is 2.85. The number of urea groups is 1. The van der Waals surface area contributed by atoms with Crippen LogP contribution < -0.4 is 5.32 Å². The predicted octanol–water partition coefficient (Wildman–Crippen LogP) is 1.62. The van der Waals surface area contributed by atoms with Crippen LogP contribution in [0, 0.1) is 16.7 Å². The first-order valence-electron chi connectivity index (χ1n) is 9.69. The van der Waals surface area contributed by atoms with Crippen LogP contribution in [-0.2, 0) is 14.3 Å². The molecule has 7 nitrogen and oxygen atoms in total. The fraction of sp³-hybridized carbons (Fsp3) is 0.842. The molecule has 3 aliphatic rings. The Morgan fingerprint density at radius 3 is 2.27 bits per heavy atom. The number of hydrogen-bond donors (Lipinski definition) is 1. The SMILES string of the molecule is COC(=O)C(C)(C)CNC(=O)N1CCC2(CC1)CC2C(=O)N1CCCC1. The molecule has 146 valence electrons. The Morgan fingerprint density at radius 2 is 1.69 bits per heavy atom. The Labute approximate surface area is 155 Å². The molecule has 2 aliphatic heterocycles. The number of carbonyl (C=O) groups excluding carboxylic acids is 3. The van der Waals surface area contributed by atoms with Gasteiger partial charge < -0.3 is 19.9 Å². The second kappa shape index (κ2) is 7.08. The number of nitrogens with zero attached hydrogens (tertiary/aromatic N) is 2. The lowest BCUT2D eigenvalue weighted by molar-refractivity contribution is -0.150. The van der Waals surface area contributed by atoms with Crippen LogP contribution in [0.4, 0.5) is 4.79 Å². The van der Waals surface area contributed by atoms with Gasteiger partial charge in [0.15, 0.2) is 0 Å². The molecule has 7 heteroatoms. The molecule has 0 aromatic rings. The van der Waals surface area contributed by atoms with Crippen molar-refractivity contribution in [1.29, 1.82) is 0 Å². The van der Waals surface area contributed by atoms with Crippen molar-refractivity contribution in [3.05, 3.63) is 0 Å². The quantitative estimate of drug-likeness (QED) is 0.768. The molecule has 0 aromatic heterocycles. The molecule has 3 fully saturated rings. The highest BCUT2D eigenvalue weighted by molar-refractivity contribution is 5.83. The largest absolute Gasteiger partial charge is 0.469 e. The first-order valence-corrected chi connectivity index (χ1v) is 9.69. The summed E-state index contributed by atoms with van der Waals surface area (Å²) in [5.41, 5.74) is -0.618. The topological polar surface area (TPSA) is 79.0 Å². The highest BCUT2D eigenvalue weighted by Crippen LogP contribution is 2.60. The van der Waals surface area contributed by atoms with Gasteiger partial charge in [-0.2, -0.15) is 0 Å². The summed E-state index contributed by atoms with van der Waals surface area (Å²) in [6, 6.07) is -0.139. The van der Waals surface area contributed by atoms with Crippen molar-refractivity contribution in [1.82, 2.24) is 15.1 Å². The van der Waals surface area contributed by atoms with Crippen LogP contribution >= 0.6 is 0 Å². The number of ether oxygens (including phenoxy) is 1. The highest BCUT2D eigenvalue weighted by atomic mass is 16.5. The molecule has 3 rings (SSSR count). The maximum absolute atomic E-state index is 12.6. The fourth-order valence-electron chi connectivity index (χ4n) is 4.32. The summed E-state index contributed by atoms with van der Waals surface area (Å²) in [6.45, 7) is 6.93. The van der Waals surface area contributed by atoms with E-state index in [9.17, 15) is 14.4 Å². The van der Waals surface area contributed by atoms with Gasteiger partial charge >= 0.3 is 12.0 Å². The van der Waals surface area contributed by atoms with Crippen molar-refractivity contribution in [2.24, 2.45) is 16.7 Å². The molecule has 1 spiro atoms. The maximum atomic E-state index is 12.6. The average molecular weight is 365 g/mol. The van der Waals surface area contributed by atoms with Crippen LogP contribution in [-0.4, -0.2) is 67.5 Å². The van der Waals surface area contributed by atoms with E-state index in [2.05, 4.69) is 5.32 Å². The van der Waals surface area contributed by atoms with Crippen molar-refractivity contribution in [2.75, 3.05) is 39.8 Å². The normalized spacial score (nSPS) is 24.5. The van der Waals surface area contributed by atoms with Gasteiger partial charge in [0, 0.05) is 38.6 Å². The van der Waals surface area contributed by atoms with Gasteiger partial charge in [0.2, 0.25) is 5.91 Å². The Hall–Kier alpha value is -1.79. The van der Waals surface area contributed by atoms with Crippen LogP contribution in [0.5, 0.6) is 0 Å². The molecular weight excluding hydrogens is 334 g/mol. The van der Waals surface area contributed by atoms with E-state index in [1.54, 1.807) is 18.7 Å². The Kier molecular flexibility index (Phi) is 5.17. The summed E-state index contributed by atoms with van der Waals surface area (Å²) in [6.07, 6.45) is 5.02. The molecule has 0 bridgehead atoms. The van der Waals surface area contributed by atoms with Crippen LogP contribution in [0.2, 0.25) is 0 Å². The Bertz CT molecular complexity index is 575. The Balaban J connectivity index is 1.45. The summed E-state index contributed by atoms with van der Waals surface area (Å²) in [5.74, 6) is 0.168. The zero-order valence-electron chi connectivity index (χ0n) is 16.2. The predicted molar refractivity (Wildman–Crippen MR) is 96.4 cm³/mol. The molecule has 1 saturated carbocycles. The monoisotopic (exact) mass is 365 g/mol. The summed E-state index contributed by atoms with van der Waals surface area (Å²) < 4.78 is 4.76. The molecule has 1 atom stereocenters. The lowest BCUT2D eigenvalue weighted by atomic mass is 9.90. The number of carbonyl (C=O) groups is 3. The molecular formula is C19H31N3O4. The Morgan fingerprint density at radius 1 is 1.08 bits per heavy atom. The van der Waals surface area contributed by atoms with E-state index in [1.807, 2.05) is 4.90 Å². The molecule has 0 aromatic carbocycles. The number of hydrogen-bond acceptors (Lipinski definition) is 4. The molecule has 26 heavy (non-hydrogen) atoms. The van der Waals surface area contributed by atoms with Gasteiger partial charge in [-0.25, -0.2) is 4.79 Å². The second-order valence-electron chi connectivity index (χ2n) is 8.67. The van der Waals surface area contributed by atoms with Crippen LogP contribution in [0.15, 0.2) is 0 Å². The third-order valence-corrected chi connectivity index (χ3v) is 6.37. The van der Waals surface area contributed by atoms with Gasteiger partial charge in [-0.1, -0.05) is 0 Å². The number of piperidine rings is 1. The number of rotatable bonds is 4. The number of esters is 1. The van der Waals surface area contributed by atoms with E-state index in [0.717, 1.165) is 45.2 Å². The van der Waals surface area contributed by atoms with Crippen molar-refractivity contribution >= 4 is 17.9 Å². The van der Waals surface area contributed by atoms with Gasteiger partial charge in [-0.05, 0) is 51.4 Å². The minimum absolute atomic E-state index is 0.127. The van der Waals surface area contributed by atoms with Gasteiger partial charge in [0.05, 0.1) is 12.5 Å². The fourth-order valence-corrected chi connectivity index (χ4v) is 4.32. The molecule has 2 heterocycles. The first-order chi connectivity index (χ1) is 12.3. The van der Waals surface area contributed by atoms with Crippen LogP contribution in [0.1, 0.15) is 46.0 Å². The number of methoxy groups -OCH3 is 1. The van der Waals surface area contributed by atoms with E-state index in [4.69, 9.17) is 4.74 Å². The van der Waals surface area contributed by atoms with Gasteiger partial charge in [0.1, 0.15) is 0 Å². The second-order valence-corrected chi connectivity index (χ2v) is 8.67. The van der Waals surface area contributed by atoms with Crippen molar-refractivity contribution in [3.8, 4) is 0 Å². The van der Waals surface area contributed by atoms with Crippen molar-refractivity contribution in [2.45, 2.75) is 46.0 Å². The summed E-state index contributed by atoms with van der Waals surface area (Å²) in [7, 11) is 1.35. The lowest BCUT2D eigenvalue weighted by Crippen LogP contribution is -2.49. The summed E-state index contributed by atoms with van der Waals surface area (Å²) in [4.78, 5) is 40.5.